The monoisotopic (exact) mass is 506 g/mol. The van der Waals surface area contributed by atoms with E-state index in [-0.39, 0.29) is 40.5 Å². The number of nitrogens with zero attached hydrogens (tertiary/aromatic N) is 4. The van der Waals surface area contributed by atoms with Crippen molar-refractivity contribution in [2.24, 2.45) is 11.7 Å². The van der Waals surface area contributed by atoms with Crippen LogP contribution in [0.2, 0.25) is 0 Å². The molecule has 36 heavy (non-hydrogen) atoms. The Morgan fingerprint density at radius 1 is 1.25 bits per heavy atom. The van der Waals surface area contributed by atoms with Gasteiger partial charge in [0, 0.05) is 42.5 Å². The van der Waals surface area contributed by atoms with Crippen molar-refractivity contribution in [2.45, 2.75) is 51.1 Å². The van der Waals surface area contributed by atoms with Crippen LogP contribution in [0.5, 0.6) is 0 Å². The van der Waals surface area contributed by atoms with Crippen LogP contribution in [0, 0.1) is 5.92 Å². The Morgan fingerprint density at radius 2 is 1.94 bits per heavy atom. The van der Waals surface area contributed by atoms with Crippen molar-refractivity contribution in [2.75, 3.05) is 24.1 Å². The Bertz CT molecular complexity index is 1240. The zero-order valence-corrected chi connectivity index (χ0v) is 19.9. The van der Waals surface area contributed by atoms with Crippen molar-refractivity contribution in [1.29, 1.82) is 0 Å². The van der Waals surface area contributed by atoms with Crippen LogP contribution in [0.4, 0.5) is 24.8 Å². The minimum atomic E-state index is -4.53. The van der Waals surface area contributed by atoms with Gasteiger partial charge in [0.2, 0.25) is 11.9 Å². The fourth-order valence-corrected chi connectivity index (χ4v) is 4.39. The van der Waals surface area contributed by atoms with Crippen LogP contribution in [0.3, 0.4) is 0 Å². The number of hydrogen-bond donors (Lipinski definition) is 5. The Morgan fingerprint density at radius 3 is 2.58 bits per heavy atom. The number of aliphatic hydroxyl groups is 1. The summed E-state index contributed by atoms with van der Waals surface area (Å²) in [6.07, 6.45) is -0.287. The molecular weight excluding hydrogens is 477 g/mol. The number of piperidine rings is 1. The number of nitrogens with two attached hydrogens (primary N) is 2. The van der Waals surface area contributed by atoms with Crippen molar-refractivity contribution in [1.82, 2.24) is 24.8 Å². The molecule has 1 fully saturated rings. The van der Waals surface area contributed by atoms with Crippen LogP contribution < -0.4 is 16.8 Å². The van der Waals surface area contributed by atoms with Crippen LogP contribution in [0.25, 0.3) is 22.3 Å². The number of hydrogen-bond acceptors (Lipinski definition) is 8. The van der Waals surface area contributed by atoms with Gasteiger partial charge in [-0.3, -0.25) is 4.79 Å². The van der Waals surface area contributed by atoms with Gasteiger partial charge in [0.15, 0.2) is 0 Å². The Balaban J connectivity index is 1.49. The number of alkyl halides is 3. The van der Waals surface area contributed by atoms with Gasteiger partial charge in [0.25, 0.3) is 0 Å². The maximum atomic E-state index is 13.2. The van der Waals surface area contributed by atoms with E-state index in [1.54, 1.807) is 4.90 Å². The molecule has 0 saturated carbocycles. The molecule has 0 aromatic carbocycles. The molecule has 10 nitrogen and oxygen atoms in total. The summed E-state index contributed by atoms with van der Waals surface area (Å²) in [6.45, 7) is 4.51. The number of rotatable bonds is 6. The average molecular weight is 507 g/mol. The number of aromatic amines is 1. The first-order valence-corrected chi connectivity index (χ1v) is 11.6. The van der Waals surface area contributed by atoms with Crippen LogP contribution in [-0.2, 0) is 11.0 Å². The second kappa shape index (κ2) is 9.90. The number of pyridine rings is 1. The van der Waals surface area contributed by atoms with E-state index in [4.69, 9.17) is 11.5 Å². The second-order valence-electron chi connectivity index (χ2n) is 9.18. The lowest BCUT2D eigenvalue weighted by Gasteiger charge is -2.36. The lowest BCUT2D eigenvalue weighted by molar-refractivity contribution is -0.138. The topological polar surface area (TPSA) is 159 Å². The van der Waals surface area contributed by atoms with Gasteiger partial charge in [-0.25, -0.2) is 15.0 Å². The van der Waals surface area contributed by atoms with Crippen LogP contribution in [0.15, 0.2) is 24.7 Å². The zero-order chi connectivity index (χ0) is 26.2. The number of amides is 1. The number of halogens is 3. The molecular formula is C23H29F3N8O2. The van der Waals surface area contributed by atoms with E-state index in [9.17, 15) is 23.1 Å². The molecule has 4 rings (SSSR count). The Hall–Kier alpha value is -3.45. The molecule has 0 aliphatic carbocycles. The number of H-pyrrole nitrogens is 1. The lowest BCUT2D eigenvalue weighted by atomic mass is 9.90. The van der Waals surface area contributed by atoms with Crippen molar-refractivity contribution >= 4 is 28.6 Å². The molecule has 0 spiro atoms. The maximum Gasteiger partial charge on any atom is 0.417 e. The van der Waals surface area contributed by atoms with Crippen LogP contribution in [0.1, 0.15) is 32.3 Å². The molecule has 3 atom stereocenters. The summed E-state index contributed by atoms with van der Waals surface area (Å²) in [4.78, 5) is 29.5. The predicted molar refractivity (Wildman–Crippen MR) is 129 cm³/mol. The van der Waals surface area contributed by atoms with Crippen molar-refractivity contribution in [3.8, 4) is 11.3 Å². The number of anilines is 2. The highest BCUT2D eigenvalue weighted by atomic mass is 19.4. The summed E-state index contributed by atoms with van der Waals surface area (Å²) in [5.41, 5.74) is 12.2. The smallest absolute Gasteiger partial charge is 0.396 e. The van der Waals surface area contributed by atoms with E-state index >= 15 is 0 Å². The second-order valence-corrected chi connectivity index (χ2v) is 9.18. The molecule has 194 valence electrons. The summed E-state index contributed by atoms with van der Waals surface area (Å²) < 4.78 is 39.6. The fourth-order valence-electron chi connectivity index (χ4n) is 4.39. The number of likely N-dealkylation sites (tertiary alicyclic amines) is 1. The molecule has 1 saturated heterocycles. The quantitative estimate of drug-likeness (QED) is 0.341. The van der Waals surface area contributed by atoms with Gasteiger partial charge in [-0.2, -0.15) is 13.2 Å². The maximum absolute atomic E-state index is 13.2. The molecule has 0 unspecified atom stereocenters. The number of aromatic nitrogens is 4. The van der Waals surface area contributed by atoms with E-state index in [1.807, 2.05) is 6.92 Å². The summed E-state index contributed by atoms with van der Waals surface area (Å²) in [5, 5.41) is 13.1. The third-order valence-corrected chi connectivity index (χ3v) is 6.65. The summed E-state index contributed by atoms with van der Waals surface area (Å²) in [5.74, 6) is 0.237. The number of aliphatic hydroxyl groups excluding tert-OH is 1. The number of fused-ring (bicyclic) bond motifs is 1. The molecule has 4 heterocycles. The summed E-state index contributed by atoms with van der Waals surface area (Å²) in [6, 6.07) is 0.0282. The van der Waals surface area contributed by atoms with Crippen LogP contribution >= 0.6 is 0 Å². The minimum absolute atomic E-state index is 0.0503. The highest BCUT2D eigenvalue weighted by molar-refractivity contribution is 5.95. The minimum Gasteiger partial charge on any atom is -0.396 e. The fraction of sp³-hybridized carbons (Fsp3) is 0.478. The molecule has 1 aliphatic rings. The van der Waals surface area contributed by atoms with Gasteiger partial charge in [-0.15, -0.1) is 0 Å². The molecule has 0 radical (unpaired) electrons. The van der Waals surface area contributed by atoms with E-state index in [0.29, 0.717) is 24.3 Å². The molecule has 3 aromatic heterocycles. The summed E-state index contributed by atoms with van der Waals surface area (Å²) >= 11 is 0. The molecule has 13 heteroatoms. The van der Waals surface area contributed by atoms with E-state index in [2.05, 4.69) is 25.3 Å². The summed E-state index contributed by atoms with van der Waals surface area (Å²) in [7, 11) is 0. The Kier molecular flexibility index (Phi) is 7.05. The van der Waals surface area contributed by atoms with E-state index < -0.39 is 23.9 Å². The van der Waals surface area contributed by atoms with Crippen molar-refractivity contribution in [3.05, 3.63) is 30.2 Å². The van der Waals surface area contributed by atoms with Crippen molar-refractivity contribution < 1.29 is 23.1 Å². The number of nitrogen functional groups attached to an aromatic ring is 1. The number of carbonyl (C=O) groups excluding carboxylic acids is 1. The zero-order valence-electron chi connectivity index (χ0n) is 19.9. The number of nitrogens with one attached hydrogen (secondary N) is 2. The van der Waals surface area contributed by atoms with Gasteiger partial charge in [0.05, 0.1) is 23.6 Å². The molecule has 1 amide bonds. The van der Waals surface area contributed by atoms with Gasteiger partial charge < -0.3 is 31.8 Å². The third-order valence-electron chi connectivity index (χ3n) is 6.65. The normalized spacial score (nSPS) is 17.7. The van der Waals surface area contributed by atoms with Gasteiger partial charge in [-0.05, 0) is 38.7 Å². The lowest BCUT2D eigenvalue weighted by Crippen LogP contribution is -2.52. The molecule has 3 aromatic rings. The average Bonchev–Trinajstić information content (AvgIpc) is 3.27. The highest BCUT2D eigenvalue weighted by Gasteiger charge is 2.32. The SMILES string of the molecule is C[C@H](O)[C@@H](N)C(=O)N1CCC([C@@H](C)Nc2ncc(N)c(-c3c[nH]c4ncc(C(F)(F)F)cc34)n2)CC1. The predicted octanol–water partition coefficient (Wildman–Crippen LogP) is 2.37. The van der Waals surface area contributed by atoms with Gasteiger partial charge in [0.1, 0.15) is 17.4 Å². The largest absolute Gasteiger partial charge is 0.417 e. The van der Waals surface area contributed by atoms with Crippen LogP contribution in [-0.4, -0.2) is 67.1 Å². The molecule has 7 N–H and O–H groups in total. The standard InChI is InChI=1S/C23H29F3N8O2/c1-11(13-3-5-34(6-4-13)21(36)18(28)12(2)35)32-22-31-10-17(27)19(33-22)16-9-30-20-15(16)7-14(8-29-20)23(24,25)26/h7-13,18,35H,3-6,27-28H2,1-2H3,(H,29,30)(H,31,32,33)/t11-,12+,18-/m1/s1. The molecule has 0 bridgehead atoms. The molecule has 1 aliphatic heterocycles. The van der Waals surface area contributed by atoms with E-state index in [0.717, 1.165) is 25.1 Å². The number of carbonyl (C=O) groups is 1. The Labute approximate surface area is 205 Å². The first kappa shape index (κ1) is 25.6. The first-order valence-electron chi connectivity index (χ1n) is 11.6. The van der Waals surface area contributed by atoms with Crippen molar-refractivity contribution in [3.63, 3.8) is 0 Å². The first-order chi connectivity index (χ1) is 17.0. The third kappa shape index (κ3) is 5.21. The van der Waals surface area contributed by atoms with Gasteiger partial charge in [-0.1, -0.05) is 0 Å². The highest BCUT2D eigenvalue weighted by Crippen LogP contribution is 2.35. The van der Waals surface area contributed by atoms with E-state index in [1.165, 1.54) is 19.3 Å². The van der Waals surface area contributed by atoms with Gasteiger partial charge >= 0.3 is 6.18 Å².